The number of esters is 1. The summed E-state index contributed by atoms with van der Waals surface area (Å²) in [6.45, 7) is 0.0254. The number of aliphatic hydroxyl groups excluding tert-OH is 1. The summed E-state index contributed by atoms with van der Waals surface area (Å²) >= 11 is 1.57. The van der Waals surface area contributed by atoms with Crippen molar-refractivity contribution in [2.45, 2.75) is 6.61 Å². The van der Waals surface area contributed by atoms with Gasteiger partial charge in [-0.05, 0) is 34.7 Å². The number of benzene rings is 1. The van der Waals surface area contributed by atoms with Gasteiger partial charge in [-0.3, -0.25) is 0 Å². The van der Waals surface area contributed by atoms with Crippen LogP contribution in [-0.2, 0) is 11.3 Å². The summed E-state index contributed by atoms with van der Waals surface area (Å²) < 4.78 is 4.64. The van der Waals surface area contributed by atoms with E-state index in [0.29, 0.717) is 5.56 Å². The summed E-state index contributed by atoms with van der Waals surface area (Å²) in [5, 5.41) is 11.1. The van der Waals surface area contributed by atoms with E-state index in [9.17, 15) is 9.90 Å². The summed E-state index contributed by atoms with van der Waals surface area (Å²) in [6, 6.07) is 9.06. The van der Waals surface area contributed by atoms with Crippen molar-refractivity contribution in [1.29, 1.82) is 0 Å². The van der Waals surface area contributed by atoms with Crippen LogP contribution in [0.15, 0.2) is 35.7 Å². The zero-order valence-electron chi connectivity index (χ0n) is 9.34. The molecule has 0 amide bonds. The SMILES string of the molecule is COC(=O)c1ccc(-c2sccc2CO)cc1. The smallest absolute Gasteiger partial charge is 0.337 e. The summed E-state index contributed by atoms with van der Waals surface area (Å²) in [7, 11) is 1.36. The van der Waals surface area contributed by atoms with E-state index in [1.807, 2.05) is 23.6 Å². The van der Waals surface area contributed by atoms with Gasteiger partial charge in [-0.1, -0.05) is 12.1 Å². The van der Waals surface area contributed by atoms with Crippen LogP contribution in [0.3, 0.4) is 0 Å². The molecule has 1 aromatic carbocycles. The van der Waals surface area contributed by atoms with E-state index in [-0.39, 0.29) is 12.6 Å². The largest absolute Gasteiger partial charge is 0.465 e. The number of hydrogen-bond donors (Lipinski definition) is 1. The lowest BCUT2D eigenvalue weighted by Crippen LogP contribution is -2.00. The van der Waals surface area contributed by atoms with Crippen LogP contribution in [0.1, 0.15) is 15.9 Å². The molecule has 2 aromatic rings. The van der Waals surface area contributed by atoms with Crippen LogP contribution in [-0.4, -0.2) is 18.2 Å². The van der Waals surface area contributed by atoms with E-state index < -0.39 is 0 Å². The number of carbonyl (C=O) groups excluding carboxylic acids is 1. The first-order chi connectivity index (χ1) is 8.26. The highest BCUT2D eigenvalue weighted by molar-refractivity contribution is 7.13. The monoisotopic (exact) mass is 248 g/mol. The lowest BCUT2D eigenvalue weighted by Gasteiger charge is -2.03. The number of carbonyl (C=O) groups is 1. The maximum absolute atomic E-state index is 11.3. The molecule has 0 aliphatic carbocycles. The molecular weight excluding hydrogens is 236 g/mol. The van der Waals surface area contributed by atoms with Crippen LogP contribution in [0.4, 0.5) is 0 Å². The molecule has 0 spiro atoms. The maximum Gasteiger partial charge on any atom is 0.337 e. The maximum atomic E-state index is 11.3. The van der Waals surface area contributed by atoms with Crippen molar-refractivity contribution < 1.29 is 14.6 Å². The van der Waals surface area contributed by atoms with Crippen molar-refractivity contribution >= 4 is 17.3 Å². The first-order valence-corrected chi connectivity index (χ1v) is 6.00. The third-order valence-electron chi connectivity index (χ3n) is 2.49. The van der Waals surface area contributed by atoms with E-state index >= 15 is 0 Å². The van der Waals surface area contributed by atoms with Crippen LogP contribution in [0.25, 0.3) is 10.4 Å². The molecule has 0 atom stereocenters. The van der Waals surface area contributed by atoms with Crippen molar-refractivity contribution in [2.75, 3.05) is 7.11 Å². The molecule has 1 aromatic heterocycles. The van der Waals surface area contributed by atoms with Gasteiger partial charge in [-0.15, -0.1) is 11.3 Å². The van der Waals surface area contributed by atoms with Gasteiger partial charge in [0.1, 0.15) is 0 Å². The highest BCUT2D eigenvalue weighted by atomic mass is 32.1. The molecule has 3 nitrogen and oxygen atoms in total. The van der Waals surface area contributed by atoms with Crippen LogP contribution in [0.5, 0.6) is 0 Å². The Labute approximate surface area is 103 Å². The molecule has 1 heterocycles. The summed E-state index contributed by atoms with van der Waals surface area (Å²) in [5.41, 5.74) is 2.43. The first kappa shape index (κ1) is 11.8. The molecule has 0 saturated carbocycles. The third-order valence-corrected chi connectivity index (χ3v) is 3.49. The number of thiophene rings is 1. The van der Waals surface area contributed by atoms with Crippen LogP contribution in [0.2, 0.25) is 0 Å². The van der Waals surface area contributed by atoms with Crippen LogP contribution < -0.4 is 0 Å². The summed E-state index contributed by atoms with van der Waals surface area (Å²) in [6.07, 6.45) is 0. The van der Waals surface area contributed by atoms with Crippen LogP contribution >= 0.6 is 11.3 Å². The van der Waals surface area contributed by atoms with E-state index in [0.717, 1.165) is 16.0 Å². The molecule has 17 heavy (non-hydrogen) atoms. The number of aliphatic hydroxyl groups is 1. The van der Waals surface area contributed by atoms with Gasteiger partial charge in [0.05, 0.1) is 19.3 Å². The molecule has 0 saturated heterocycles. The molecule has 0 aliphatic heterocycles. The molecule has 0 bridgehead atoms. The minimum absolute atomic E-state index is 0.0254. The lowest BCUT2D eigenvalue weighted by atomic mass is 10.1. The van der Waals surface area contributed by atoms with Crippen molar-refractivity contribution in [3.8, 4) is 10.4 Å². The van der Waals surface area contributed by atoms with Gasteiger partial charge in [0, 0.05) is 4.88 Å². The Hall–Kier alpha value is -1.65. The quantitative estimate of drug-likeness (QED) is 0.849. The Morgan fingerprint density at radius 3 is 2.59 bits per heavy atom. The molecule has 2 rings (SSSR count). The zero-order valence-corrected chi connectivity index (χ0v) is 10.2. The Kier molecular flexibility index (Phi) is 3.56. The average Bonchev–Trinajstić information content (AvgIpc) is 2.86. The topological polar surface area (TPSA) is 46.5 Å². The molecule has 0 radical (unpaired) electrons. The number of ether oxygens (including phenoxy) is 1. The van der Waals surface area contributed by atoms with E-state index in [2.05, 4.69) is 4.74 Å². The summed E-state index contributed by atoms with van der Waals surface area (Å²) in [5.74, 6) is -0.342. The molecule has 88 valence electrons. The van der Waals surface area contributed by atoms with Gasteiger partial charge in [0.2, 0.25) is 0 Å². The van der Waals surface area contributed by atoms with Gasteiger partial charge in [0.15, 0.2) is 0 Å². The predicted octanol–water partition coefficient (Wildman–Crippen LogP) is 2.69. The lowest BCUT2D eigenvalue weighted by molar-refractivity contribution is 0.0601. The van der Waals surface area contributed by atoms with E-state index in [4.69, 9.17) is 0 Å². The fourth-order valence-corrected chi connectivity index (χ4v) is 2.51. The molecule has 4 heteroatoms. The first-order valence-electron chi connectivity index (χ1n) is 5.12. The molecule has 0 unspecified atom stereocenters. The molecule has 0 aliphatic rings. The third kappa shape index (κ3) is 2.38. The van der Waals surface area contributed by atoms with Gasteiger partial charge >= 0.3 is 5.97 Å². The molecule has 1 N–H and O–H groups in total. The van der Waals surface area contributed by atoms with Crippen molar-refractivity contribution in [2.24, 2.45) is 0 Å². The second kappa shape index (κ2) is 5.12. The van der Waals surface area contributed by atoms with Crippen molar-refractivity contribution in [3.63, 3.8) is 0 Å². The molecular formula is C13H12O3S. The highest BCUT2D eigenvalue weighted by Crippen LogP contribution is 2.29. The number of methoxy groups -OCH3 is 1. The zero-order chi connectivity index (χ0) is 12.3. The second-order valence-electron chi connectivity index (χ2n) is 3.50. The Balaban J connectivity index is 2.32. The predicted molar refractivity (Wildman–Crippen MR) is 67.0 cm³/mol. The van der Waals surface area contributed by atoms with Gasteiger partial charge in [-0.2, -0.15) is 0 Å². The van der Waals surface area contributed by atoms with Gasteiger partial charge in [-0.25, -0.2) is 4.79 Å². The molecule has 0 fully saturated rings. The Bertz CT molecular complexity index is 514. The highest BCUT2D eigenvalue weighted by Gasteiger charge is 2.08. The van der Waals surface area contributed by atoms with Crippen molar-refractivity contribution in [3.05, 3.63) is 46.8 Å². The summed E-state index contributed by atoms with van der Waals surface area (Å²) in [4.78, 5) is 12.3. The van der Waals surface area contributed by atoms with E-state index in [1.165, 1.54) is 7.11 Å². The minimum atomic E-state index is -0.342. The van der Waals surface area contributed by atoms with Gasteiger partial charge in [0.25, 0.3) is 0 Å². The fraction of sp³-hybridized carbons (Fsp3) is 0.154. The minimum Gasteiger partial charge on any atom is -0.465 e. The normalized spacial score (nSPS) is 10.2. The fourth-order valence-electron chi connectivity index (χ4n) is 1.59. The average molecular weight is 248 g/mol. The number of hydrogen-bond acceptors (Lipinski definition) is 4. The van der Waals surface area contributed by atoms with Gasteiger partial charge < -0.3 is 9.84 Å². The van der Waals surface area contributed by atoms with Crippen LogP contribution in [0, 0.1) is 0 Å². The number of rotatable bonds is 3. The Morgan fingerprint density at radius 1 is 1.29 bits per heavy atom. The standard InChI is InChI=1S/C13H12O3S/c1-16-13(15)10-4-2-9(3-5-10)12-11(8-14)6-7-17-12/h2-7,14H,8H2,1H3. The van der Waals surface area contributed by atoms with E-state index in [1.54, 1.807) is 23.5 Å². The van der Waals surface area contributed by atoms with Crippen molar-refractivity contribution in [1.82, 2.24) is 0 Å². The Morgan fingerprint density at radius 2 is 2.00 bits per heavy atom. The second-order valence-corrected chi connectivity index (χ2v) is 4.42.